The predicted octanol–water partition coefficient (Wildman–Crippen LogP) is 3.06. The van der Waals surface area contributed by atoms with Crippen LogP contribution in [0.15, 0.2) is 35.4 Å². The number of carbonyl (C=O) groups is 1. The number of hydrogen-bond donors (Lipinski definition) is 2. The number of aryl methyl sites for hydroxylation is 2. The zero-order valence-corrected chi connectivity index (χ0v) is 16.3. The number of hydrogen-bond acceptors (Lipinski definition) is 5. The normalized spacial score (nSPS) is 16.6. The standard InChI is InChI=1S/C20H23N3O4S/c24-20(25)18-12-16(13-21-19(18)23-9-3-4-10-23)22-28(26,27)17-8-7-14-5-1-2-6-15(14)11-17/h7-8,11-13,22H,1-6,9-10H2,(H,24,25). The first-order valence-electron chi connectivity index (χ1n) is 9.57. The van der Waals surface area contributed by atoms with Crippen molar-refractivity contribution in [2.45, 2.75) is 43.4 Å². The Kier molecular flexibility index (Phi) is 4.97. The Hall–Kier alpha value is -2.61. The van der Waals surface area contributed by atoms with Crippen molar-refractivity contribution in [2.75, 3.05) is 22.7 Å². The Morgan fingerprint density at radius 3 is 2.46 bits per heavy atom. The molecule has 2 N–H and O–H groups in total. The van der Waals surface area contributed by atoms with Crippen LogP contribution >= 0.6 is 0 Å². The summed E-state index contributed by atoms with van der Waals surface area (Å²) in [6.45, 7) is 1.51. The van der Waals surface area contributed by atoms with E-state index in [1.165, 1.54) is 17.8 Å². The molecule has 148 valence electrons. The molecule has 8 heteroatoms. The lowest BCUT2D eigenvalue weighted by molar-refractivity contribution is 0.0697. The molecule has 0 unspecified atom stereocenters. The van der Waals surface area contributed by atoms with Gasteiger partial charge in [0.25, 0.3) is 10.0 Å². The van der Waals surface area contributed by atoms with Gasteiger partial charge in [0.05, 0.1) is 16.8 Å². The van der Waals surface area contributed by atoms with E-state index in [0.29, 0.717) is 5.82 Å². The molecule has 1 aliphatic heterocycles. The molecule has 2 heterocycles. The van der Waals surface area contributed by atoms with Crippen LogP contribution in [0.3, 0.4) is 0 Å². The highest BCUT2D eigenvalue weighted by atomic mass is 32.2. The number of fused-ring (bicyclic) bond motifs is 1. The van der Waals surface area contributed by atoms with Crippen LogP contribution in [0, 0.1) is 0 Å². The Morgan fingerprint density at radius 2 is 1.75 bits per heavy atom. The van der Waals surface area contributed by atoms with Gasteiger partial charge in [-0.3, -0.25) is 4.72 Å². The number of rotatable bonds is 5. The summed E-state index contributed by atoms with van der Waals surface area (Å²) in [7, 11) is -3.82. The highest BCUT2D eigenvalue weighted by Crippen LogP contribution is 2.28. The Balaban J connectivity index is 1.62. The fraction of sp³-hybridized carbons (Fsp3) is 0.400. The van der Waals surface area contributed by atoms with Gasteiger partial charge in [0.1, 0.15) is 11.4 Å². The van der Waals surface area contributed by atoms with Crippen molar-refractivity contribution >= 4 is 27.5 Å². The summed E-state index contributed by atoms with van der Waals surface area (Å²) < 4.78 is 28.1. The molecule has 2 aliphatic rings. The van der Waals surface area contributed by atoms with Crippen LogP contribution in [-0.2, 0) is 22.9 Å². The van der Waals surface area contributed by atoms with E-state index in [-0.39, 0.29) is 16.1 Å². The summed E-state index contributed by atoms with van der Waals surface area (Å²) in [6, 6.07) is 6.55. The molecule has 28 heavy (non-hydrogen) atoms. The summed E-state index contributed by atoms with van der Waals surface area (Å²) in [5, 5.41) is 9.55. The Morgan fingerprint density at radius 1 is 1.04 bits per heavy atom. The van der Waals surface area contributed by atoms with Crippen LogP contribution in [0.25, 0.3) is 0 Å². The topological polar surface area (TPSA) is 99.6 Å². The maximum absolute atomic E-state index is 12.8. The first-order chi connectivity index (χ1) is 13.4. The lowest BCUT2D eigenvalue weighted by Gasteiger charge is -2.19. The van der Waals surface area contributed by atoms with Gasteiger partial charge < -0.3 is 10.0 Å². The number of pyridine rings is 1. The van der Waals surface area contributed by atoms with Crippen LogP contribution in [-0.4, -0.2) is 37.6 Å². The highest BCUT2D eigenvalue weighted by Gasteiger charge is 2.23. The van der Waals surface area contributed by atoms with Crippen molar-refractivity contribution in [3.8, 4) is 0 Å². The maximum Gasteiger partial charge on any atom is 0.339 e. The third kappa shape index (κ3) is 3.69. The molecule has 1 aliphatic carbocycles. The van der Waals surface area contributed by atoms with E-state index in [2.05, 4.69) is 9.71 Å². The van der Waals surface area contributed by atoms with Gasteiger partial charge in [0.15, 0.2) is 0 Å². The van der Waals surface area contributed by atoms with Gasteiger partial charge in [-0.15, -0.1) is 0 Å². The molecule has 0 saturated carbocycles. The number of benzene rings is 1. The van der Waals surface area contributed by atoms with Gasteiger partial charge in [-0.25, -0.2) is 18.2 Å². The van der Waals surface area contributed by atoms with Crippen LogP contribution in [0.5, 0.6) is 0 Å². The lowest BCUT2D eigenvalue weighted by Crippen LogP contribution is -2.22. The van der Waals surface area contributed by atoms with Gasteiger partial charge >= 0.3 is 5.97 Å². The molecule has 0 amide bonds. The van der Waals surface area contributed by atoms with Crippen molar-refractivity contribution in [1.29, 1.82) is 0 Å². The monoisotopic (exact) mass is 401 g/mol. The van der Waals surface area contributed by atoms with Crippen molar-refractivity contribution < 1.29 is 18.3 Å². The predicted molar refractivity (Wildman–Crippen MR) is 107 cm³/mol. The van der Waals surface area contributed by atoms with Crippen molar-refractivity contribution in [3.05, 3.63) is 47.2 Å². The molecule has 7 nitrogen and oxygen atoms in total. The molecule has 2 aromatic rings. The highest BCUT2D eigenvalue weighted by molar-refractivity contribution is 7.92. The SMILES string of the molecule is O=C(O)c1cc(NS(=O)(=O)c2ccc3c(c2)CCCC3)cnc1N1CCCC1. The van der Waals surface area contributed by atoms with E-state index in [9.17, 15) is 18.3 Å². The summed E-state index contributed by atoms with van der Waals surface area (Å²) in [5.41, 5.74) is 2.43. The summed E-state index contributed by atoms with van der Waals surface area (Å²) in [4.78, 5) is 18.0. The average molecular weight is 401 g/mol. The second-order valence-corrected chi connectivity index (χ2v) is 9.02. The minimum atomic E-state index is -3.82. The smallest absolute Gasteiger partial charge is 0.339 e. The van der Waals surface area contributed by atoms with E-state index < -0.39 is 16.0 Å². The number of carboxylic acids is 1. The molecule has 1 fully saturated rings. The van der Waals surface area contributed by atoms with Crippen molar-refractivity contribution in [2.24, 2.45) is 0 Å². The minimum Gasteiger partial charge on any atom is -0.478 e. The van der Waals surface area contributed by atoms with E-state index in [1.807, 2.05) is 11.0 Å². The van der Waals surface area contributed by atoms with Gasteiger partial charge in [-0.1, -0.05) is 6.07 Å². The second-order valence-electron chi connectivity index (χ2n) is 7.34. The number of nitrogens with zero attached hydrogens (tertiary/aromatic N) is 2. The fourth-order valence-electron chi connectivity index (χ4n) is 3.94. The Bertz CT molecular complexity index is 1010. The molecule has 0 bridgehead atoms. The number of anilines is 2. The van der Waals surface area contributed by atoms with E-state index in [1.54, 1.807) is 12.1 Å². The molecular formula is C20H23N3O4S. The van der Waals surface area contributed by atoms with Crippen LogP contribution in [0.4, 0.5) is 11.5 Å². The average Bonchev–Trinajstić information content (AvgIpc) is 3.22. The van der Waals surface area contributed by atoms with Crippen molar-refractivity contribution in [3.63, 3.8) is 0 Å². The third-order valence-corrected chi connectivity index (χ3v) is 6.76. The van der Waals surface area contributed by atoms with Crippen LogP contribution < -0.4 is 9.62 Å². The van der Waals surface area contributed by atoms with Crippen LogP contribution in [0.2, 0.25) is 0 Å². The molecular weight excluding hydrogens is 378 g/mol. The summed E-state index contributed by atoms with van der Waals surface area (Å²) >= 11 is 0. The minimum absolute atomic E-state index is 0.00698. The van der Waals surface area contributed by atoms with Gasteiger partial charge in [-0.05, 0) is 67.9 Å². The quantitative estimate of drug-likeness (QED) is 0.799. The van der Waals surface area contributed by atoms with E-state index in [4.69, 9.17) is 0 Å². The molecule has 0 radical (unpaired) electrons. The molecule has 1 aromatic carbocycles. The van der Waals surface area contributed by atoms with Crippen molar-refractivity contribution in [1.82, 2.24) is 4.98 Å². The number of aromatic carboxylic acids is 1. The molecule has 0 atom stereocenters. The Labute approximate surface area is 164 Å². The second kappa shape index (κ2) is 7.43. The van der Waals surface area contributed by atoms with Crippen LogP contribution in [0.1, 0.15) is 47.2 Å². The van der Waals surface area contributed by atoms with E-state index in [0.717, 1.165) is 57.2 Å². The number of carboxylic acid groups (broad SMARTS) is 1. The number of aromatic nitrogens is 1. The zero-order chi connectivity index (χ0) is 19.7. The van der Waals surface area contributed by atoms with Gasteiger partial charge in [0.2, 0.25) is 0 Å². The molecule has 0 spiro atoms. The fourth-order valence-corrected chi connectivity index (χ4v) is 5.03. The summed E-state index contributed by atoms with van der Waals surface area (Å²) in [6.07, 6.45) is 7.43. The van der Waals surface area contributed by atoms with Gasteiger partial charge in [0, 0.05) is 13.1 Å². The molecule has 4 rings (SSSR count). The molecule has 1 aromatic heterocycles. The van der Waals surface area contributed by atoms with Gasteiger partial charge in [-0.2, -0.15) is 0 Å². The number of sulfonamides is 1. The summed E-state index contributed by atoms with van der Waals surface area (Å²) in [5.74, 6) is -0.731. The maximum atomic E-state index is 12.8. The largest absolute Gasteiger partial charge is 0.478 e. The molecule has 1 saturated heterocycles. The van der Waals surface area contributed by atoms with E-state index >= 15 is 0 Å². The zero-order valence-electron chi connectivity index (χ0n) is 15.5. The lowest BCUT2D eigenvalue weighted by atomic mass is 9.92. The third-order valence-electron chi connectivity index (χ3n) is 5.39. The number of nitrogens with one attached hydrogen (secondary N) is 1. The first kappa shape index (κ1) is 18.7. The first-order valence-corrected chi connectivity index (χ1v) is 11.1.